The monoisotopic (exact) mass is 618 g/mol. The first kappa shape index (κ1) is 31.1. The molecule has 2 fully saturated rings. The Bertz CT molecular complexity index is 1600. The van der Waals surface area contributed by atoms with Gasteiger partial charge in [0.25, 0.3) is 5.91 Å². The highest BCUT2D eigenvalue weighted by Crippen LogP contribution is 2.35. The smallest absolute Gasteiger partial charge is 0.253 e. The van der Waals surface area contributed by atoms with Crippen molar-refractivity contribution in [1.29, 1.82) is 0 Å². The number of carbonyl (C=O) groups excluding carboxylic acids is 1. The summed E-state index contributed by atoms with van der Waals surface area (Å²) in [5.74, 6) is 1.17. The Morgan fingerprint density at radius 1 is 1.07 bits per heavy atom. The van der Waals surface area contributed by atoms with Crippen LogP contribution in [-0.2, 0) is 0 Å². The zero-order valence-corrected chi connectivity index (χ0v) is 25.3. The maximum atomic E-state index is 14.7. The molecule has 1 amide bonds. The number of rotatable bonds is 7. The molecule has 230 valence electrons. The second-order valence-electron chi connectivity index (χ2n) is 10.8. The predicted octanol–water partition coefficient (Wildman–Crippen LogP) is 4.49. The fourth-order valence-electron chi connectivity index (χ4n) is 5.64. The molecule has 12 heteroatoms. The zero-order chi connectivity index (χ0) is 29.8. The number of ether oxygens (including phenoxy) is 1. The van der Waals surface area contributed by atoms with Crippen molar-refractivity contribution in [3.05, 3.63) is 78.4 Å². The molecule has 2 aromatic heterocycles. The Labute approximate surface area is 262 Å². The fourth-order valence-corrected chi connectivity index (χ4v) is 5.64. The van der Waals surface area contributed by atoms with Gasteiger partial charge in [0, 0.05) is 80.6 Å². The summed E-state index contributed by atoms with van der Waals surface area (Å²) < 4.78 is 20.1. The molecule has 0 saturated carbocycles. The summed E-state index contributed by atoms with van der Waals surface area (Å²) in [5.41, 5.74) is 10.1. The summed E-state index contributed by atoms with van der Waals surface area (Å²) in [4.78, 5) is 30.7. The Kier molecular flexibility index (Phi) is 9.89. The Morgan fingerprint density at radius 2 is 1.86 bits per heavy atom. The molecule has 0 aliphatic carbocycles. The van der Waals surface area contributed by atoms with Crippen molar-refractivity contribution in [1.82, 2.24) is 25.2 Å². The second kappa shape index (κ2) is 14.0. The van der Waals surface area contributed by atoms with Crippen LogP contribution in [0.1, 0.15) is 23.2 Å². The van der Waals surface area contributed by atoms with Gasteiger partial charge < -0.3 is 30.9 Å². The zero-order valence-electron chi connectivity index (χ0n) is 24.5. The van der Waals surface area contributed by atoms with Gasteiger partial charge in [-0.25, -0.2) is 19.3 Å². The number of pyridine rings is 1. The molecule has 44 heavy (non-hydrogen) atoms. The number of nitrogens with one attached hydrogen (secondary N) is 2. The number of piperidine rings is 1. The van der Waals surface area contributed by atoms with E-state index in [9.17, 15) is 9.18 Å². The van der Waals surface area contributed by atoms with Crippen LogP contribution in [0, 0.1) is 5.82 Å². The lowest BCUT2D eigenvalue weighted by Gasteiger charge is -2.34. The lowest BCUT2D eigenvalue weighted by atomic mass is 10.00. The number of benzene rings is 2. The van der Waals surface area contributed by atoms with Crippen molar-refractivity contribution < 1.29 is 13.9 Å². The largest absolute Gasteiger partial charge is 0.496 e. The number of carbonyl (C=O) groups is 1. The molecule has 2 aliphatic heterocycles. The highest BCUT2D eigenvalue weighted by Gasteiger charge is 2.23. The van der Waals surface area contributed by atoms with Gasteiger partial charge in [-0.3, -0.25) is 4.79 Å². The van der Waals surface area contributed by atoms with E-state index in [1.807, 2.05) is 41.4 Å². The van der Waals surface area contributed by atoms with E-state index in [2.05, 4.69) is 25.5 Å². The Hall–Kier alpha value is -4.32. The molecule has 0 spiro atoms. The summed E-state index contributed by atoms with van der Waals surface area (Å²) in [6, 6.07) is 16.1. The van der Waals surface area contributed by atoms with Gasteiger partial charge in [0.05, 0.1) is 12.7 Å². The van der Waals surface area contributed by atoms with Crippen LogP contribution in [0.5, 0.6) is 5.75 Å². The molecule has 1 atom stereocenters. The van der Waals surface area contributed by atoms with Crippen LogP contribution in [-0.4, -0.2) is 78.2 Å². The normalized spacial score (nSPS) is 16.7. The van der Waals surface area contributed by atoms with E-state index in [4.69, 9.17) is 15.5 Å². The van der Waals surface area contributed by atoms with Crippen molar-refractivity contribution in [2.24, 2.45) is 5.73 Å². The molecule has 10 nitrogen and oxygen atoms in total. The van der Waals surface area contributed by atoms with Crippen molar-refractivity contribution in [3.63, 3.8) is 0 Å². The molecule has 4 aromatic rings. The van der Waals surface area contributed by atoms with E-state index >= 15 is 0 Å². The number of nitrogens with zero attached hydrogens (tertiary/aromatic N) is 5. The Balaban J connectivity index is 0.00000384. The topological polar surface area (TPSA) is 122 Å². The van der Waals surface area contributed by atoms with Crippen molar-refractivity contribution in [2.45, 2.75) is 18.9 Å². The first-order valence-electron chi connectivity index (χ1n) is 14.5. The van der Waals surface area contributed by atoms with Crippen LogP contribution in [0.2, 0.25) is 0 Å². The van der Waals surface area contributed by atoms with Crippen LogP contribution in [0.4, 0.5) is 21.7 Å². The van der Waals surface area contributed by atoms with E-state index in [-0.39, 0.29) is 35.7 Å². The number of nitrogens with two attached hydrogens (primary N) is 1. The molecule has 4 N–H and O–H groups in total. The van der Waals surface area contributed by atoms with Gasteiger partial charge in [-0.1, -0.05) is 18.2 Å². The first-order chi connectivity index (χ1) is 21.0. The summed E-state index contributed by atoms with van der Waals surface area (Å²) >= 11 is 0. The number of anilines is 3. The highest BCUT2D eigenvalue weighted by atomic mass is 35.5. The first-order valence-corrected chi connectivity index (χ1v) is 14.5. The van der Waals surface area contributed by atoms with Gasteiger partial charge >= 0.3 is 0 Å². The van der Waals surface area contributed by atoms with E-state index in [1.165, 1.54) is 13.2 Å². The minimum Gasteiger partial charge on any atom is -0.496 e. The van der Waals surface area contributed by atoms with Gasteiger partial charge in [0.1, 0.15) is 23.2 Å². The maximum absolute atomic E-state index is 14.7. The van der Waals surface area contributed by atoms with Crippen LogP contribution < -0.4 is 26.0 Å². The third kappa shape index (κ3) is 6.75. The number of halogens is 2. The molecule has 2 aliphatic rings. The van der Waals surface area contributed by atoms with Crippen LogP contribution in [0.25, 0.3) is 22.5 Å². The standard InChI is InChI=1S/C32H35FN8O2.ClH/c1-43-27-6-2-5-25(33)30(27)31-36-12-11-28(39-31)38-29-18-26(41-15-3-4-23(34)20-41)24(19-37-29)21-7-9-22(10-8-21)32(42)40-16-13-35-14-17-40;/h2,5-12,18-19,23,35H,3-4,13-17,20,34H2,1H3,(H,36,37,38,39);1H/t23-;/m0./s1. The summed E-state index contributed by atoms with van der Waals surface area (Å²) in [7, 11) is 1.48. The summed E-state index contributed by atoms with van der Waals surface area (Å²) in [5, 5.41) is 6.54. The number of methoxy groups -OCH3 is 1. The molecular formula is C32H36ClFN8O2. The van der Waals surface area contributed by atoms with Crippen molar-refractivity contribution in [2.75, 3.05) is 56.6 Å². The Morgan fingerprint density at radius 3 is 2.61 bits per heavy atom. The second-order valence-corrected chi connectivity index (χ2v) is 10.8. The van der Waals surface area contributed by atoms with E-state index < -0.39 is 5.82 Å². The number of aromatic nitrogens is 3. The molecule has 2 aromatic carbocycles. The molecule has 4 heterocycles. The molecule has 0 unspecified atom stereocenters. The van der Waals surface area contributed by atoms with E-state index in [0.29, 0.717) is 36.0 Å². The van der Waals surface area contributed by atoms with Gasteiger partial charge in [-0.2, -0.15) is 0 Å². The summed E-state index contributed by atoms with van der Waals surface area (Å²) in [6.45, 7) is 4.63. The lowest BCUT2D eigenvalue weighted by molar-refractivity contribution is 0.0736. The average Bonchev–Trinajstić information content (AvgIpc) is 3.05. The maximum Gasteiger partial charge on any atom is 0.253 e. The SMILES string of the molecule is COc1cccc(F)c1-c1nccc(Nc2cc(N3CCC[C@H](N)C3)c(-c3ccc(C(=O)N4CCNCC4)cc3)cn2)n1.Cl. The van der Waals surface area contributed by atoms with E-state index in [1.54, 1.807) is 24.4 Å². The molecule has 0 bridgehead atoms. The van der Waals surface area contributed by atoms with Crippen LogP contribution >= 0.6 is 12.4 Å². The number of amides is 1. The number of piperazine rings is 1. The van der Waals surface area contributed by atoms with Crippen LogP contribution in [0.15, 0.2) is 67.0 Å². The average molecular weight is 619 g/mol. The molecule has 2 saturated heterocycles. The quantitative estimate of drug-likeness (QED) is 0.275. The van der Waals surface area contributed by atoms with Crippen molar-refractivity contribution >= 4 is 35.6 Å². The molecule has 6 rings (SSSR count). The summed E-state index contributed by atoms with van der Waals surface area (Å²) in [6.07, 6.45) is 5.36. The molecule has 0 radical (unpaired) electrons. The van der Waals surface area contributed by atoms with Gasteiger partial charge in [-0.15, -0.1) is 12.4 Å². The minimum absolute atomic E-state index is 0. The van der Waals surface area contributed by atoms with Gasteiger partial charge in [0.2, 0.25) is 0 Å². The fraction of sp³-hybridized carbons (Fsp3) is 0.312. The number of hydrogen-bond acceptors (Lipinski definition) is 9. The molecular weight excluding hydrogens is 583 g/mol. The third-order valence-electron chi connectivity index (χ3n) is 7.86. The van der Waals surface area contributed by atoms with Crippen LogP contribution in [0.3, 0.4) is 0 Å². The lowest BCUT2D eigenvalue weighted by Crippen LogP contribution is -2.46. The highest BCUT2D eigenvalue weighted by molar-refractivity contribution is 5.95. The predicted molar refractivity (Wildman–Crippen MR) is 172 cm³/mol. The van der Waals surface area contributed by atoms with Gasteiger partial charge in [0.15, 0.2) is 5.82 Å². The van der Waals surface area contributed by atoms with E-state index in [0.717, 1.165) is 55.8 Å². The van der Waals surface area contributed by atoms with Crippen molar-refractivity contribution in [3.8, 4) is 28.3 Å². The minimum atomic E-state index is -0.469. The number of hydrogen-bond donors (Lipinski definition) is 3. The van der Waals surface area contributed by atoms with Gasteiger partial charge in [-0.05, 0) is 48.7 Å². The third-order valence-corrected chi connectivity index (χ3v) is 7.86.